The van der Waals surface area contributed by atoms with E-state index in [4.69, 9.17) is 11.6 Å². The molecule has 0 heterocycles. The van der Waals surface area contributed by atoms with Crippen LogP contribution in [0, 0.1) is 11.3 Å². The van der Waals surface area contributed by atoms with Crippen LogP contribution in [-0.2, 0) is 0 Å². The van der Waals surface area contributed by atoms with E-state index in [9.17, 15) is 10.1 Å². The third kappa shape index (κ3) is 3.71. The van der Waals surface area contributed by atoms with Crippen molar-refractivity contribution in [1.82, 2.24) is 0 Å². The van der Waals surface area contributed by atoms with E-state index in [0.717, 1.165) is 0 Å². The van der Waals surface area contributed by atoms with Crippen LogP contribution in [0.15, 0.2) is 84.9 Å². The highest BCUT2D eigenvalue weighted by Crippen LogP contribution is 2.29. The number of carbonyl (C=O) groups is 1. The van der Waals surface area contributed by atoms with Gasteiger partial charge in [0.1, 0.15) is 6.04 Å². The van der Waals surface area contributed by atoms with Gasteiger partial charge in [-0.15, -0.1) is 0 Å². The second-order valence-electron chi connectivity index (χ2n) is 5.46. The SMILES string of the molecule is N#CC(c1ccc(Cl)cc1)N(C(=O)c1ccccc1)c1ccccc1. The molecule has 0 spiro atoms. The molecule has 0 aliphatic heterocycles. The zero-order chi connectivity index (χ0) is 17.6. The summed E-state index contributed by atoms with van der Waals surface area (Å²) in [4.78, 5) is 14.6. The number of nitrogens with zero attached hydrogens (tertiary/aromatic N) is 2. The molecule has 0 aromatic heterocycles. The van der Waals surface area contributed by atoms with Gasteiger partial charge in [-0.25, -0.2) is 0 Å². The van der Waals surface area contributed by atoms with Crippen LogP contribution in [0.4, 0.5) is 5.69 Å². The molecule has 1 unspecified atom stereocenters. The van der Waals surface area contributed by atoms with Gasteiger partial charge in [0.2, 0.25) is 0 Å². The lowest BCUT2D eigenvalue weighted by Crippen LogP contribution is -2.34. The van der Waals surface area contributed by atoms with E-state index in [1.54, 1.807) is 48.5 Å². The summed E-state index contributed by atoms with van der Waals surface area (Å²) in [6, 6.07) is 26.6. The molecule has 0 aliphatic carbocycles. The minimum atomic E-state index is -0.757. The van der Waals surface area contributed by atoms with Gasteiger partial charge in [-0.05, 0) is 42.0 Å². The number of rotatable bonds is 4. The smallest absolute Gasteiger partial charge is 0.259 e. The molecule has 3 aromatic carbocycles. The number of carbonyl (C=O) groups excluding carboxylic acids is 1. The van der Waals surface area contributed by atoms with E-state index >= 15 is 0 Å². The molecule has 3 aromatic rings. The average Bonchev–Trinajstić information content (AvgIpc) is 2.68. The number of hydrogen-bond acceptors (Lipinski definition) is 2. The van der Waals surface area contributed by atoms with Crippen LogP contribution in [0.3, 0.4) is 0 Å². The van der Waals surface area contributed by atoms with Gasteiger partial charge in [0.15, 0.2) is 0 Å². The van der Waals surface area contributed by atoms with Crippen molar-refractivity contribution in [2.24, 2.45) is 0 Å². The van der Waals surface area contributed by atoms with Crippen molar-refractivity contribution in [1.29, 1.82) is 5.26 Å². The van der Waals surface area contributed by atoms with Crippen LogP contribution < -0.4 is 4.90 Å². The normalized spacial score (nSPS) is 11.4. The summed E-state index contributed by atoms with van der Waals surface area (Å²) in [5.41, 5.74) is 1.90. The summed E-state index contributed by atoms with van der Waals surface area (Å²) >= 11 is 5.95. The highest BCUT2D eigenvalue weighted by molar-refractivity contribution is 6.30. The molecule has 0 bridgehead atoms. The Morgan fingerprint density at radius 3 is 2.00 bits per heavy atom. The summed E-state index contributed by atoms with van der Waals surface area (Å²) < 4.78 is 0. The number of anilines is 1. The minimum Gasteiger partial charge on any atom is -0.288 e. The van der Waals surface area contributed by atoms with Gasteiger partial charge in [0.05, 0.1) is 6.07 Å². The number of benzene rings is 3. The summed E-state index contributed by atoms with van der Waals surface area (Å²) in [7, 11) is 0. The first kappa shape index (κ1) is 16.8. The van der Waals surface area contributed by atoms with Gasteiger partial charge in [-0.3, -0.25) is 9.69 Å². The molecule has 0 radical (unpaired) electrons. The molecule has 122 valence electrons. The zero-order valence-electron chi connectivity index (χ0n) is 13.3. The standard InChI is InChI=1S/C21H15ClN2O/c22-18-13-11-16(12-14-18)20(15-23)24(19-9-5-2-6-10-19)21(25)17-7-3-1-4-8-17/h1-14,20H. The maximum Gasteiger partial charge on any atom is 0.259 e. The second kappa shape index (κ2) is 7.65. The first-order valence-electron chi connectivity index (χ1n) is 7.79. The van der Waals surface area contributed by atoms with E-state index in [1.807, 2.05) is 36.4 Å². The monoisotopic (exact) mass is 346 g/mol. The van der Waals surface area contributed by atoms with E-state index in [1.165, 1.54) is 4.90 Å². The van der Waals surface area contributed by atoms with Crippen molar-refractivity contribution in [3.63, 3.8) is 0 Å². The van der Waals surface area contributed by atoms with E-state index in [2.05, 4.69) is 6.07 Å². The lowest BCUT2D eigenvalue weighted by Gasteiger charge is -2.28. The fraction of sp³-hybridized carbons (Fsp3) is 0.0476. The van der Waals surface area contributed by atoms with Crippen LogP contribution in [0.5, 0.6) is 0 Å². The number of nitriles is 1. The van der Waals surface area contributed by atoms with Crippen LogP contribution in [0.2, 0.25) is 5.02 Å². The molecular formula is C21H15ClN2O. The molecule has 1 amide bonds. The van der Waals surface area contributed by atoms with Crippen molar-refractivity contribution in [2.45, 2.75) is 6.04 Å². The van der Waals surface area contributed by atoms with Gasteiger partial charge in [-0.1, -0.05) is 60.1 Å². The van der Waals surface area contributed by atoms with Gasteiger partial charge in [0.25, 0.3) is 5.91 Å². The highest BCUT2D eigenvalue weighted by atomic mass is 35.5. The number of hydrogen-bond donors (Lipinski definition) is 0. The molecular weight excluding hydrogens is 332 g/mol. The predicted octanol–water partition coefficient (Wildman–Crippen LogP) is 5.25. The second-order valence-corrected chi connectivity index (χ2v) is 5.90. The maximum atomic E-state index is 13.1. The summed E-state index contributed by atoms with van der Waals surface area (Å²) in [5, 5.41) is 10.4. The Morgan fingerprint density at radius 1 is 0.880 bits per heavy atom. The molecule has 3 rings (SSSR count). The first-order valence-corrected chi connectivity index (χ1v) is 8.17. The highest BCUT2D eigenvalue weighted by Gasteiger charge is 2.27. The quantitative estimate of drug-likeness (QED) is 0.647. The molecule has 0 aliphatic rings. The van der Waals surface area contributed by atoms with Crippen LogP contribution in [-0.4, -0.2) is 5.91 Å². The van der Waals surface area contributed by atoms with Crippen molar-refractivity contribution >= 4 is 23.2 Å². The maximum absolute atomic E-state index is 13.1. The lowest BCUT2D eigenvalue weighted by molar-refractivity contribution is 0.0981. The number of amides is 1. The van der Waals surface area contributed by atoms with Crippen molar-refractivity contribution in [3.05, 3.63) is 101 Å². The van der Waals surface area contributed by atoms with Crippen LogP contribution >= 0.6 is 11.6 Å². The molecule has 1 atom stereocenters. The van der Waals surface area contributed by atoms with E-state index in [-0.39, 0.29) is 5.91 Å². The summed E-state index contributed by atoms with van der Waals surface area (Å²) in [6.45, 7) is 0. The fourth-order valence-corrected chi connectivity index (χ4v) is 2.74. The van der Waals surface area contributed by atoms with Crippen molar-refractivity contribution < 1.29 is 4.79 Å². The molecule has 3 nitrogen and oxygen atoms in total. The summed E-state index contributed by atoms with van der Waals surface area (Å²) in [6.07, 6.45) is 0. The first-order chi connectivity index (χ1) is 12.2. The van der Waals surface area contributed by atoms with Gasteiger partial charge < -0.3 is 0 Å². The Balaban J connectivity index is 2.09. The number of halogens is 1. The Hall–Kier alpha value is -3.09. The summed E-state index contributed by atoms with van der Waals surface area (Å²) in [5.74, 6) is -0.228. The van der Waals surface area contributed by atoms with Crippen LogP contribution in [0.25, 0.3) is 0 Å². The average molecular weight is 347 g/mol. The van der Waals surface area contributed by atoms with Gasteiger partial charge in [0, 0.05) is 16.3 Å². The van der Waals surface area contributed by atoms with Gasteiger partial charge in [-0.2, -0.15) is 5.26 Å². The Labute approximate surface area is 151 Å². The third-order valence-electron chi connectivity index (χ3n) is 3.84. The largest absolute Gasteiger partial charge is 0.288 e. The van der Waals surface area contributed by atoms with Crippen LogP contribution in [0.1, 0.15) is 22.0 Å². The van der Waals surface area contributed by atoms with Gasteiger partial charge >= 0.3 is 0 Å². The fourth-order valence-electron chi connectivity index (χ4n) is 2.62. The minimum absolute atomic E-state index is 0.228. The predicted molar refractivity (Wildman–Crippen MR) is 99.5 cm³/mol. The van der Waals surface area contributed by atoms with E-state index < -0.39 is 6.04 Å². The zero-order valence-corrected chi connectivity index (χ0v) is 14.1. The molecule has 0 N–H and O–H groups in total. The van der Waals surface area contributed by atoms with Crippen molar-refractivity contribution in [2.75, 3.05) is 4.90 Å². The van der Waals surface area contributed by atoms with E-state index in [0.29, 0.717) is 21.8 Å². The third-order valence-corrected chi connectivity index (χ3v) is 4.09. The molecule has 25 heavy (non-hydrogen) atoms. The Morgan fingerprint density at radius 2 is 1.44 bits per heavy atom. The molecule has 0 fully saturated rings. The lowest BCUT2D eigenvalue weighted by atomic mass is 10.0. The Bertz CT molecular complexity index is 887. The topological polar surface area (TPSA) is 44.1 Å². The number of para-hydroxylation sites is 1. The Kier molecular flexibility index (Phi) is 5.13. The molecule has 0 saturated carbocycles. The molecule has 0 saturated heterocycles. The molecule has 4 heteroatoms. The van der Waals surface area contributed by atoms with Crippen molar-refractivity contribution in [3.8, 4) is 6.07 Å².